The summed E-state index contributed by atoms with van der Waals surface area (Å²) in [6.07, 6.45) is 0.851. The van der Waals surface area contributed by atoms with Gasteiger partial charge < -0.3 is 10.6 Å². The van der Waals surface area contributed by atoms with Gasteiger partial charge in [-0.25, -0.2) is 0 Å². The number of rotatable bonds is 8. The Morgan fingerprint density at radius 1 is 1.23 bits per heavy atom. The monoisotopic (exact) mass is 376 g/mol. The number of benzene rings is 1. The average Bonchev–Trinajstić information content (AvgIpc) is 3.05. The molecule has 0 bridgehead atoms. The van der Waals surface area contributed by atoms with Gasteiger partial charge in [0.2, 0.25) is 17.0 Å². The zero-order chi connectivity index (χ0) is 19.1. The lowest BCUT2D eigenvalue weighted by Gasteiger charge is -2.13. The first-order valence-corrected chi connectivity index (χ1v) is 9.46. The molecule has 0 aliphatic rings. The minimum absolute atomic E-state index is 0.122. The van der Waals surface area contributed by atoms with E-state index in [1.165, 1.54) is 11.8 Å². The highest BCUT2D eigenvalue weighted by atomic mass is 32.2. The van der Waals surface area contributed by atoms with Crippen LogP contribution >= 0.6 is 11.8 Å². The Kier molecular flexibility index (Phi) is 7.14. The van der Waals surface area contributed by atoms with Gasteiger partial charge in [-0.1, -0.05) is 24.8 Å². The first-order chi connectivity index (χ1) is 12.4. The van der Waals surface area contributed by atoms with Crippen molar-refractivity contribution < 1.29 is 9.59 Å². The summed E-state index contributed by atoms with van der Waals surface area (Å²) in [5.74, 6) is -0.314. The molecule has 0 aliphatic carbocycles. The van der Waals surface area contributed by atoms with Gasteiger partial charge in [0.25, 0.3) is 0 Å². The van der Waals surface area contributed by atoms with E-state index in [4.69, 9.17) is 0 Å². The van der Waals surface area contributed by atoms with Crippen LogP contribution in [0.15, 0.2) is 23.4 Å². The highest BCUT2D eigenvalue weighted by Crippen LogP contribution is 2.19. The van der Waals surface area contributed by atoms with Crippen LogP contribution in [0, 0.1) is 13.8 Å². The maximum Gasteiger partial charge on any atom is 0.242 e. The molecule has 1 aromatic carbocycles. The lowest BCUT2D eigenvalue weighted by atomic mass is 10.1. The summed E-state index contributed by atoms with van der Waals surface area (Å²) >= 11 is 1.22. The van der Waals surface area contributed by atoms with Crippen LogP contribution in [0.25, 0.3) is 5.69 Å². The van der Waals surface area contributed by atoms with Crippen molar-refractivity contribution in [2.45, 2.75) is 45.3 Å². The molecule has 0 spiro atoms. The molecule has 0 radical (unpaired) electrons. The number of aromatic nitrogens is 4. The summed E-state index contributed by atoms with van der Waals surface area (Å²) in [6.45, 7) is 8.24. The minimum atomic E-state index is -0.579. The third-order valence-electron chi connectivity index (χ3n) is 3.54. The number of carbonyl (C=O) groups excluding carboxylic acids is 2. The molecule has 1 atom stereocenters. The van der Waals surface area contributed by atoms with Crippen LogP contribution < -0.4 is 10.6 Å². The van der Waals surface area contributed by atoms with Gasteiger partial charge in [-0.15, -0.1) is 5.10 Å². The number of carbonyl (C=O) groups is 2. The molecule has 2 amide bonds. The Morgan fingerprint density at radius 3 is 2.58 bits per heavy atom. The van der Waals surface area contributed by atoms with Crippen LogP contribution in [0.2, 0.25) is 0 Å². The van der Waals surface area contributed by atoms with Crippen LogP contribution in [-0.4, -0.2) is 50.4 Å². The minimum Gasteiger partial charge on any atom is -0.354 e. The molecular formula is C17H24N6O2S. The molecule has 9 heteroatoms. The van der Waals surface area contributed by atoms with Crippen LogP contribution in [0.4, 0.5) is 0 Å². The second kappa shape index (κ2) is 9.33. The van der Waals surface area contributed by atoms with Gasteiger partial charge in [0, 0.05) is 6.54 Å². The number of nitrogens with zero attached hydrogens (tertiary/aromatic N) is 4. The predicted molar refractivity (Wildman–Crippen MR) is 100 cm³/mol. The second-order valence-corrected chi connectivity index (χ2v) is 7.03. The first kappa shape index (κ1) is 19.9. The largest absolute Gasteiger partial charge is 0.354 e. The number of amides is 2. The van der Waals surface area contributed by atoms with E-state index in [1.807, 2.05) is 32.9 Å². The Bertz CT molecular complexity index is 756. The summed E-state index contributed by atoms with van der Waals surface area (Å²) in [4.78, 5) is 23.9. The second-order valence-electron chi connectivity index (χ2n) is 6.09. The van der Waals surface area contributed by atoms with Crippen molar-refractivity contribution >= 4 is 23.6 Å². The van der Waals surface area contributed by atoms with Crippen molar-refractivity contribution in [1.29, 1.82) is 0 Å². The van der Waals surface area contributed by atoms with Crippen LogP contribution in [0.5, 0.6) is 0 Å². The fraction of sp³-hybridized carbons (Fsp3) is 0.471. The summed E-state index contributed by atoms with van der Waals surface area (Å²) < 4.78 is 1.61. The zero-order valence-corrected chi connectivity index (χ0v) is 16.3. The van der Waals surface area contributed by atoms with E-state index in [2.05, 4.69) is 32.2 Å². The van der Waals surface area contributed by atoms with Gasteiger partial charge in [0.1, 0.15) is 6.04 Å². The van der Waals surface area contributed by atoms with Crippen LogP contribution in [0.1, 0.15) is 31.4 Å². The quantitative estimate of drug-likeness (QED) is 0.675. The SMILES string of the molecule is CCCNC(=O)C(C)NC(=O)CSc1nnnn1-c1cc(C)cc(C)c1. The van der Waals surface area contributed by atoms with Crippen molar-refractivity contribution in [2.75, 3.05) is 12.3 Å². The number of hydrogen-bond donors (Lipinski definition) is 2. The van der Waals surface area contributed by atoms with Crippen LogP contribution in [0.3, 0.4) is 0 Å². The van der Waals surface area contributed by atoms with Gasteiger partial charge in [0.05, 0.1) is 11.4 Å². The molecule has 8 nitrogen and oxygen atoms in total. The molecule has 2 N–H and O–H groups in total. The molecule has 1 aromatic heterocycles. The van der Waals surface area contributed by atoms with Gasteiger partial charge in [-0.05, 0) is 60.9 Å². The number of thioether (sulfide) groups is 1. The number of nitrogens with one attached hydrogen (secondary N) is 2. The third kappa shape index (κ3) is 5.55. The Morgan fingerprint density at radius 2 is 1.92 bits per heavy atom. The van der Waals surface area contributed by atoms with E-state index in [9.17, 15) is 9.59 Å². The van der Waals surface area contributed by atoms with Crippen molar-refractivity contribution in [3.8, 4) is 5.69 Å². The highest BCUT2D eigenvalue weighted by molar-refractivity contribution is 7.99. The highest BCUT2D eigenvalue weighted by Gasteiger charge is 2.17. The van der Waals surface area contributed by atoms with Crippen molar-refractivity contribution in [1.82, 2.24) is 30.8 Å². The standard InChI is InChI=1S/C17H24N6O2S/c1-5-6-18-16(25)13(4)19-15(24)10-26-17-20-21-22-23(17)14-8-11(2)7-12(3)9-14/h7-9,13H,5-6,10H2,1-4H3,(H,18,25)(H,19,24). The van der Waals surface area contributed by atoms with E-state index in [0.717, 1.165) is 23.2 Å². The molecule has 0 aliphatic heterocycles. The maximum atomic E-state index is 12.1. The predicted octanol–water partition coefficient (Wildman–Crippen LogP) is 1.40. The topological polar surface area (TPSA) is 102 Å². The fourth-order valence-corrected chi connectivity index (χ4v) is 3.09. The molecule has 26 heavy (non-hydrogen) atoms. The molecule has 0 saturated heterocycles. The van der Waals surface area contributed by atoms with E-state index in [0.29, 0.717) is 11.7 Å². The van der Waals surface area contributed by atoms with E-state index in [1.54, 1.807) is 11.6 Å². The molecular weight excluding hydrogens is 352 g/mol. The lowest BCUT2D eigenvalue weighted by Crippen LogP contribution is -2.45. The van der Waals surface area contributed by atoms with E-state index in [-0.39, 0.29) is 17.6 Å². The molecule has 2 aromatic rings. The van der Waals surface area contributed by atoms with E-state index < -0.39 is 6.04 Å². The number of aryl methyl sites for hydroxylation is 2. The van der Waals surface area contributed by atoms with Gasteiger partial charge in [0.15, 0.2) is 0 Å². The molecule has 0 fully saturated rings. The Labute approximate surface area is 157 Å². The Balaban J connectivity index is 1.95. The lowest BCUT2D eigenvalue weighted by molar-refractivity contribution is -0.127. The van der Waals surface area contributed by atoms with Gasteiger partial charge in [-0.2, -0.15) is 4.68 Å². The maximum absolute atomic E-state index is 12.1. The molecule has 1 unspecified atom stereocenters. The molecule has 1 heterocycles. The Hall–Kier alpha value is -2.42. The number of hydrogen-bond acceptors (Lipinski definition) is 6. The first-order valence-electron chi connectivity index (χ1n) is 8.47. The van der Waals surface area contributed by atoms with Crippen LogP contribution in [-0.2, 0) is 9.59 Å². The number of tetrazole rings is 1. The van der Waals surface area contributed by atoms with Crippen molar-refractivity contribution in [3.63, 3.8) is 0 Å². The fourth-order valence-electron chi connectivity index (χ4n) is 2.38. The van der Waals surface area contributed by atoms with Gasteiger partial charge in [-0.3, -0.25) is 9.59 Å². The molecule has 0 saturated carbocycles. The smallest absolute Gasteiger partial charge is 0.242 e. The molecule has 140 valence electrons. The average molecular weight is 376 g/mol. The normalized spacial score (nSPS) is 11.8. The summed E-state index contributed by atoms with van der Waals surface area (Å²) in [7, 11) is 0. The summed E-state index contributed by atoms with van der Waals surface area (Å²) in [6, 6.07) is 5.45. The van der Waals surface area contributed by atoms with Crippen molar-refractivity contribution in [3.05, 3.63) is 29.3 Å². The van der Waals surface area contributed by atoms with Crippen molar-refractivity contribution in [2.24, 2.45) is 0 Å². The summed E-state index contributed by atoms with van der Waals surface area (Å²) in [5.41, 5.74) is 3.06. The summed E-state index contributed by atoms with van der Waals surface area (Å²) in [5, 5.41) is 17.6. The third-order valence-corrected chi connectivity index (χ3v) is 4.46. The van der Waals surface area contributed by atoms with Gasteiger partial charge >= 0.3 is 0 Å². The molecule has 2 rings (SSSR count). The van der Waals surface area contributed by atoms with E-state index >= 15 is 0 Å². The zero-order valence-electron chi connectivity index (χ0n) is 15.4.